The van der Waals surface area contributed by atoms with Crippen molar-refractivity contribution >= 4 is 69.4 Å². The number of carbonyl (C=O) groups is 1. The Morgan fingerprint density at radius 3 is 2.52 bits per heavy atom. The number of nitrogens with zero attached hydrogens (tertiary/aromatic N) is 1. The molecule has 1 N–H and O–H groups in total. The van der Waals surface area contributed by atoms with Gasteiger partial charge in [-0.05, 0) is 41.6 Å². The predicted octanol–water partition coefficient (Wildman–Crippen LogP) is 5.54. The highest BCUT2D eigenvalue weighted by Gasteiger charge is 2.24. The molecule has 0 aromatic heterocycles. The van der Waals surface area contributed by atoms with Gasteiger partial charge in [-0.25, -0.2) is 4.99 Å². The highest BCUT2D eigenvalue weighted by molar-refractivity contribution is 8.18. The molecule has 0 saturated carbocycles. The van der Waals surface area contributed by atoms with Gasteiger partial charge in [-0.3, -0.25) is 4.79 Å². The number of nitrogens with one attached hydrogen (secondary N) is 1. The van der Waals surface area contributed by atoms with Crippen molar-refractivity contribution in [2.45, 2.75) is 0 Å². The molecule has 1 heterocycles. The van der Waals surface area contributed by atoms with Crippen LogP contribution in [0.2, 0.25) is 15.1 Å². The second kappa shape index (κ2) is 6.97. The summed E-state index contributed by atoms with van der Waals surface area (Å²) in [5.74, 6) is -0.239. The maximum atomic E-state index is 12.1. The molecule has 1 saturated heterocycles. The van der Waals surface area contributed by atoms with Crippen molar-refractivity contribution in [3.8, 4) is 0 Å². The summed E-state index contributed by atoms with van der Waals surface area (Å²) in [6, 6.07) is 12.4. The van der Waals surface area contributed by atoms with E-state index in [4.69, 9.17) is 34.8 Å². The summed E-state index contributed by atoms with van der Waals surface area (Å²) in [6.45, 7) is 0. The Balaban J connectivity index is 1.90. The van der Waals surface area contributed by atoms with E-state index in [0.29, 0.717) is 36.4 Å². The van der Waals surface area contributed by atoms with E-state index in [2.05, 4.69) is 10.3 Å². The topological polar surface area (TPSA) is 41.5 Å². The van der Waals surface area contributed by atoms with Gasteiger partial charge in [0.05, 0.1) is 25.7 Å². The Labute approximate surface area is 152 Å². The highest BCUT2D eigenvalue weighted by atomic mass is 35.5. The van der Waals surface area contributed by atoms with E-state index in [1.165, 1.54) is 11.8 Å². The number of amidine groups is 1. The fraction of sp³-hybridized carbons (Fsp3) is 0. The first-order valence-electron chi connectivity index (χ1n) is 6.53. The van der Waals surface area contributed by atoms with Crippen molar-refractivity contribution in [3.63, 3.8) is 0 Å². The van der Waals surface area contributed by atoms with E-state index >= 15 is 0 Å². The van der Waals surface area contributed by atoms with Gasteiger partial charge in [0.15, 0.2) is 5.17 Å². The molecule has 3 nitrogen and oxygen atoms in total. The Morgan fingerprint density at radius 2 is 1.74 bits per heavy atom. The molecule has 23 heavy (non-hydrogen) atoms. The third-order valence-corrected chi connectivity index (χ3v) is 5.06. The Bertz CT molecular complexity index is 849. The van der Waals surface area contributed by atoms with Crippen molar-refractivity contribution in [3.05, 3.63) is 68.0 Å². The summed E-state index contributed by atoms with van der Waals surface area (Å²) in [6.07, 6.45) is 1.68. The van der Waals surface area contributed by atoms with E-state index < -0.39 is 0 Å². The molecule has 0 spiro atoms. The van der Waals surface area contributed by atoms with E-state index in [0.717, 1.165) is 0 Å². The Kier molecular flexibility index (Phi) is 4.97. The number of hydrogen-bond donors (Lipinski definition) is 1. The molecular weight excluding hydrogens is 375 g/mol. The van der Waals surface area contributed by atoms with Crippen LogP contribution < -0.4 is 5.32 Å². The average Bonchev–Trinajstić information content (AvgIpc) is 2.86. The van der Waals surface area contributed by atoms with Crippen LogP contribution >= 0.6 is 46.6 Å². The lowest BCUT2D eigenvalue weighted by Crippen LogP contribution is -2.19. The molecule has 3 rings (SSSR count). The molecule has 7 heteroatoms. The van der Waals surface area contributed by atoms with E-state index in [1.807, 2.05) is 12.1 Å². The molecule has 2 aromatic rings. The maximum absolute atomic E-state index is 12.1. The number of carbonyl (C=O) groups excluding carboxylic acids is 1. The highest BCUT2D eigenvalue weighted by Crippen LogP contribution is 2.33. The van der Waals surface area contributed by atoms with Gasteiger partial charge in [0, 0.05) is 0 Å². The average molecular weight is 384 g/mol. The molecule has 0 unspecified atom stereocenters. The third kappa shape index (κ3) is 3.72. The minimum atomic E-state index is -0.239. The number of halogens is 3. The molecule has 1 aliphatic rings. The number of benzene rings is 2. The SMILES string of the molecule is O=C1NC(=Nc2ccccc2Cl)S/C1=C\c1cccc(Cl)c1Cl. The Hall–Kier alpha value is -1.46. The van der Waals surface area contributed by atoms with Gasteiger partial charge in [-0.1, -0.05) is 59.1 Å². The van der Waals surface area contributed by atoms with Crippen molar-refractivity contribution in [2.75, 3.05) is 0 Å². The van der Waals surface area contributed by atoms with Crippen LogP contribution in [0.25, 0.3) is 6.08 Å². The summed E-state index contributed by atoms with van der Waals surface area (Å²) < 4.78 is 0. The van der Waals surface area contributed by atoms with Crippen LogP contribution in [0.4, 0.5) is 5.69 Å². The quantitative estimate of drug-likeness (QED) is 0.692. The normalized spacial score (nSPS) is 17.8. The largest absolute Gasteiger partial charge is 0.300 e. The summed E-state index contributed by atoms with van der Waals surface area (Å²) in [5.41, 5.74) is 1.27. The smallest absolute Gasteiger partial charge is 0.264 e. The van der Waals surface area contributed by atoms with Crippen molar-refractivity contribution < 1.29 is 4.79 Å². The number of para-hydroxylation sites is 1. The van der Waals surface area contributed by atoms with Gasteiger partial charge in [0.1, 0.15) is 0 Å². The summed E-state index contributed by atoms with van der Waals surface area (Å²) in [4.78, 5) is 16.9. The summed E-state index contributed by atoms with van der Waals surface area (Å²) in [5, 5.41) is 4.54. The first-order chi connectivity index (χ1) is 11.0. The van der Waals surface area contributed by atoms with Crippen molar-refractivity contribution in [2.24, 2.45) is 4.99 Å². The summed E-state index contributed by atoms with van der Waals surface area (Å²) >= 11 is 19.4. The van der Waals surface area contributed by atoms with Gasteiger partial charge in [-0.15, -0.1) is 0 Å². The van der Waals surface area contributed by atoms with Gasteiger partial charge in [0.2, 0.25) is 0 Å². The third-order valence-electron chi connectivity index (χ3n) is 2.99. The number of thioether (sulfide) groups is 1. The molecule has 0 atom stereocenters. The zero-order valence-corrected chi connectivity index (χ0v) is 14.6. The molecule has 0 radical (unpaired) electrons. The number of aliphatic imine (C=N–C) groups is 1. The van der Waals surface area contributed by atoms with Crippen LogP contribution in [0.15, 0.2) is 52.4 Å². The minimum Gasteiger partial charge on any atom is -0.300 e. The molecule has 116 valence electrons. The fourth-order valence-corrected chi connectivity index (χ4v) is 3.27. The number of amides is 1. The van der Waals surface area contributed by atoms with Crippen LogP contribution in [0.1, 0.15) is 5.56 Å². The molecule has 2 aromatic carbocycles. The maximum Gasteiger partial charge on any atom is 0.264 e. The van der Waals surface area contributed by atoms with Gasteiger partial charge in [-0.2, -0.15) is 0 Å². The zero-order chi connectivity index (χ0) is 16.4. The van der Waals surface area contributed by atoms with Crippen LogP contribution in [0.3, 0.4) is 0 Å². The van der Waals surface area contributed by atoms with E-state index in [-0.39, 0.29) is 5.91 Å². The molecule has 0 aliphatic carbocycles. The van der Waals surface area contributed by atoms with Crippen molar-refractivity contribution in [1.29, 1.82) is 0 Å². The summed E-state index contributed by atoms with van der Waals surface area (Å²) in [7, 11) is 0. The number of hydrogen-bond acceptors (Lipinski definition) is 3. The lowest BCUT2D eigenvalue weighted by Gasteiger charge is -2.00. The van der Waals surface area contributed by atoms with Crippen molar-refractivity contribution in [1.82, 2.24) is 5.32 Å². The first kappa shape index (κ1) is 16.4. The Morgan fingerprint density at radius 1 is 1.00 bits per heavy atom. The van der Waals surface area contributed by atoms with Crippen LogP contribution in [0.5, 0.6) is 0 Å². The van der Waals surface area contributed by atoms with E-state index in [9.17, 15) is 4.79 Å². The minimum absolute atomic E-state index is 0.239. The standard InChI is InChI=1S/C16H9Cl3N2OS/c17-10-5-1-2-7-12(10)20-16-21-15(22)13(23-16)8-9-4-3-6-11(18)14(9)19/h1-8H,(H,20,21,22)/b13-8-. The molecule has 0 bridgehead atoms. The lowest BCUT2D eigenvalue weighted by molar-refractivity contribution is -0.115. The monoisotopic (exact) mass is 382 g/mol. The van der Waals surface area contributed by atoms with E-state index in [1.54, 1.807) is 36.4 Å². The second-order valence-electron chi connectivity index (χ2n) is 4.58. The predicted molar refractivity (Wildman–Crippen MR) is 98.7 cm³/mol. The van der Waals surface area contributed by atoms with Crippen LogP contribution in [-0.2, 0) is 4.79 Å². The molecule has 1 fully saturated rings. The van der Waals surface area contributed by atoms with Gasteiger partial charge in [0.25, 0.3) is 5.91 Å². The van der Waals surface area contributed by atoms with Gasteiger partial charge < -0.3 is 5.32 Å². The zero-order valence-electron chi connectivity index (χ0n) is 11.5. The lowest BCUT2D eigenvalue weighted by atomic mass is 10.2. The molecule has 1 amide bonds. The van der Waals surface area contributed by atoms with Crippen LogP contribution in [0, 0.1) is 0 Å². The van der Waals surface area contributed by atoms with Gasteiger partial charge >= 0.3 is 0 Å². The van der Waals surface area contributed by atoms with Crippen LogP contribution in [-0.4, -0.2) is 11.1 Å². The number of rotatable bonds is 2. The molecule has 1 aliphatic heterocycles. The fourth-order valence-electron chi connectivity index (χ4n) is 1.91. The first-order valence-corrected chi connectivity index (χ1v) is 8.48. The molecular formula is C16H9Cl3N2OS. The second-order valence-corrected chi connectivity index (χ2v) is 6.80.